The largest absolute Gasteiger partial charge is 0.385 e. The van der Waals surface area contributed by atoms with Crippen LogP contribution in [0.4, 0.5) is 0 Å². The Bertz CT molecular complexity index is 148. The number of hydrogen-bond acceptors (Lipinski definition) is 4. The van der Waals surface area contributed by atoms with Gasteiger partial charge in [0, 0.05) is 46.0 Å². The van der Waals surface area contributed by atoms with E-state index in [9.17, 15) is 0 Å². The van der Waals surface area contributed by atoms with Crippen molar-refractivity contribution in [3.05, 3.63) is 0 Å². The fourth-order valence-electron chi connectivity index (χ4n) is 1.89. The number of nitrogens with zero attached hydrogens (tertiary/aromatic N) is 1. The zero-order valence-corrected chi connectivity index (χ0v) is 9.78. The van der Waals surface area contributed by atoms with Crippen LogP contribution in [0.25, 0.3) is 0 Å². The molecule has 2 N–H and O–H groups in total. The first-order chi connectivity index (χ1) is 7.33. The summed E-state index contributed by atoms with van der Waals surface area (Å²) >= 11 is 0. The predicted octanol–water partition coefficient (Wildman–Crippen LogP) is 0.463. The molecule has 1 heterocycles. The van der Waals surface area contributed by atoms with Crippen molar-refractivity contribution in [2.75, 3.05) is 46.6 Å². The van der Waals surface area contributed by atoms with Gasteiger partial charge in [0.05, 0.1) is 6.61 Å². The fraction of sp³-hybridized carbons (Fsp3) is 1.00. The molecule has 1 fully saturated rings. The van der Waals surface area contributed by atoms with Gasteiger partial charge in [-0.2, -0.15) is 0 Å². The van der Waals surface area contributed by atoms with E-state index in [1.165, 1.54) is 0 Å². The van der Waals surface area contributed by atoms with Gasteiger partial charge in [-0.15, -0.1) is 0 Å². The molecule has 1 atom stereocenters. The molecule has 90 valence electrons. The SMILES string of the molecule is COCCCC(N)CN1CCCOCC1. The summed E-state index contributed by atoms with van der Waals surface area (Å²) < 4.78 is 10.4. The van der Waals surface area contributed by atoms with Gasteiger partial charge in [-0.25, -0.2) is 0 Å². The molecular weight excluding hydrogens is 192 g/mol. The van der Waals surface area contributed by atoms with Gasteiger partial charge >= 0.3 is 0 Å². The molecule has 0 spiro atoms. The molecule has 0 saturated carbocycles. The molecular formula is C11H24N2O2. The van der Waals surface area contributed by atoms with E-state index in [4.69, 9.17) is 15.2 Å². The Morgan fingerprint density at radius 3 is 3.07 bits per heavy atom. The Kier molecular flexibility index (Phi) is 6.92. The molecule has 4 nitrogen and oxygen atoms in total. The first-order valence-electron chi connectivity index (χ1n) is 5.87. The second-order valence-electron chi connectivity index (χ2n) is 4.16. The minimum absolute atomic E-state index is 0.276. The van der Waals surface area contributed by atoms with Crippen LogP contribution in [0.3, 0.4) is 0 Å². The van der Waals surface area contributed by atoms with Crippen molar-refractivity contribution in [3.8, 4) is 0 Å². The van der Waals surface area contributed by atoms with Gasteiger partial charge in [0.15, 0.2) is 0 Å². The van der Waals surface area contributed by atoms with Crippen LogP contribution in [-0.2, 0) is 9.47 Å². The third-order valence-electron chi connectivity index (χ3n) is 2.73. The molecule has 1 unspecified atom stereocenters. The van der Waals surface area contributed by atoms with Gasteiger partial charge < -0.3 is 15.2 Å². The molecule has 15 heavy (non-hydrogen) atoms. The fourth-order valence-corrected chi connectivity index (χ4v) is 1.89. The summed E-state index contributed by atoms with van der Waals surface area (Å²) in [5.74, 6) is 0. The van der Waals surface area contributed by atoms with Crippen molar-refractivity contribution in [2.24, 2.45) is 5.73 Å². The van der Waals surface area contributed by atoms with Gasteiger partial charge in [-0.05, 0) is 19.3 Å². The quantitative estimate of drug-likeness (QED) is 0.655. The van der Waals surface area contributed by atoms with E-state index in [0.29, 0.717) is 0 Å². The predicted molar refractivity (Wildman–Crippen MR) is 61.0 cm³/mol. The Morgan fingerprint density at radius 2 is 2.27 bits per heavy atom. The Balaban J connectivity index is 2.09. The van der Waals surface area contributed by atoms with Crippen molar-refractivity contribution in [1.29, 1.82) is 0 Å². The first-order valence-corrected chi connectivity index (χ1v) is 5.87. The van der Waals surface area contributed by atoms with E-state index in [1.807, 2.05) is 0 Å². The monoisotopic (exact) mass is 216 g/mol. The Hall–Kier alpha value is -0.160. The average Bonchev–Trinajstić information content (AvgIpc) is 2.47. The van der Waals surface area contributed by atoms with E-state index < -0.39 is 0 Å². The summed E-state index contributed by atoms with van der Waals surface area (Å²) in [6, 6.07) is 0.276. The second-order valence-corrected chi connectivity index (χ2v) is 4.16. The number of hydrogen-bond donors (Lipinski definition) is 1. The number of nitrogens with two attached hydrogens (primary N) is 1. The summed E-state index contributed by atoms with van der Waals surface area (Å²) in [4.78, 5) is 2.41. The maximum atomic E-state index is 6.06. The van der Waals surface area contributed by atoms with E-state index in [1.54, 1.807) is 7.11 Å². The van der Waals surface area contributed by atoms with Crippen LogP contribution in [0.2, 0.25) is 0 Å². The maximum Gasteiger partial charge on any atom is 0.0593 e. The van der Waals surface area contributed by atoms with Crippen molar-refractivity contribution in [1.82, 2.24) is 4.90 Å². The number of rotatable bonds is 6. The second kappa shape index (κ2) is 8.05. The van der Waals surface area contributed by atoms with E-state index in [2.05, 4.69) is 4.90 Å². The summed E-state index contributed by atoms with van der Waals surface area (Å²) in [5, 5.41) is 0. The molecule has 0 aromatic rings. The average molecular weight is 216 g/mol. The first kappa shape index (κ1) is 12.9. The summed E-state index contributed by atoms with van der Waals surface area (Å²) in [7, 11) is 1.73. The number of ether oxygens (including phenoxy) is 2. The van der Waals surface area contributed by atoms with Crippen LogP contribution < -0.4 is 5.73 Å². The van der Waals surface area contributed by atoms with Gasteiger partial charge in [0.2, 0.25) is 0 Å². The van der Waals surface area contributed by atoms with Gasteiger partial charge in [0.25, 0.3) is 0 Å². The van der Waals surface area contributed by atoms with Crippen LogP contribution in [0, 0.1) is 0 Å². The highest BCUT2D eigenvalue weighted by Crippen LogP contribution is 2.02. The molecule has 4 heteroatoms. The van der Waals surface area contributed by atoms with Crippen molar-refractivity contribution >= 4 is 0 Å². The van der Waals surface area contributed by atoms with Gasteiger partial charge in [0.1, 0.15) is 0 Å². The minimum atomic E-state index is 0.276. The molecule has 1 rings (SSSR count). The highest BCUT2D eigenvalue weighted by molar-refractivity contribution is 4.69. The molecule has 1 aliphatic rings. The Morgan fingerprint density at radius 1 is 1.40 bits per heavy atom. The Labute approximate surface area is 92.7 Å². The third-order valence-corrected chi connectivity index (χ3v) is 2.73. The molecule has 0 radical (unpaired) electrons. The zero-order valence-electron chi connectivity index (χ0n) is 9.78. The minimum Gasteiger partial charge on any atom is -0.385 e. The highest BCUT2D eigenvalue weighted by Gasteiger charge is 2.12. The standard InChI is InChI=1S/C11H24N2O2/c1-14-7-2-4-11(12)10-13-5-3-8-15-9-6-13/h11H,2-10,12H2,1H3. The molecule has 0 aromatic carbocycles. The van der Waals surface area contributed by atoms with Crippen LogP contribution >= 0.6 is 0 Å². The van der Waals surface area contributed by atoms with E-state index in [-0.39, 0.29) is 6.04 Å². The van der Waals surface area contributed by atoms with Crippen LogP contribution in [0.5, 0.6) is 0 Å². The molecule has 0 amide bonds. The lowest BCUT2D eigenvalue weighted by Crippen LogP contribution is -2.38. The molecule has 0 bridgehead atoms. The van der Waals surface area contributed by atoms with Crippen LogP contribution in [-0.4, -0.2) is 57.5 Å². The maximum absolute atomic E-state index is 6.06. The van der Waals surface area contributed by atoms with E-state index in [0.717, 1.165) is 58.7 Å². The normalized spacial score (nSPS) is 21.2. The summed E-state index contributed by atoms with van der Waals surface area (Å²) in [5.41, 5.74) is 6.06. The summed E-state index contributed by atoms with van der Waals surface area (Å²) in [6.45, 7) is 5.71. The van der Waals surface area contributed by atoms with Crippen molar-refractivity contribution in [2.45, 2.75) is 25.3 Å². The van der Waals surface area contributed by atoms with Crippen LogP contribution in [0.1, 0.15) is 19.3 Å². The van der Waals surface area contributed by atoms with Gasteiger partial charge in [-0.3, -0.25) is 4.90 Å². The van der Waals surface area contributed by atoms with E-state index >= 15 is 0 Å². The zero-order chi connectivity index (χ0) is 10.9. The molecule has 0 aromatic heterocycles. The van der Waals surface area contributed by atoms with Crippen molar-refractivity contribution < 1.29 is 9.47 Å². The smallest absolute Gasteiger partial charge is 0.0593 e. The number of methoxy groups -OCH3 is 1. The molecule has 0 aliphatic carbocycles. The lowest BCUT2D eigenvalue weighted by molar-refractivity contribution is 0.139. The summed E-state index contributed by atoms with van der Waals surface area (Å²) in [6.07, 6.45) is 3.23. The van der Waals surface area contributed by atoms with Crippen LogP contribution in [0.15, 0.2) is 0 Å². The van der Waals surface area contributed by atoms with Crippen molar-refractivity contribution in [3.63, 3.8) is 0 Å². The lowest BCUT2D eigenvalue weighted by atomic mass is 10.1. The molecule has 1 aliphatic heterocycles. The topological polar surface area (TPSA) is 47.7 Å². The highest BCUT2D eigenvalue weighted by atomic mass is 16.5. The van der Waals surface area contributed by atoms with Gasteiger partial charge in [-0.1, -0.05) is 0 Å². The lowest BCUT2D eigenvalue weighted by Gasteiger charge is -2.23. The third kappa shape index (κ3) is 6.10. The molecule has 1 saturated heterocycles.